The number of ketones is 1. The van der Waals surface area contributed by atoms with Crippen LogP contribution >= 0.6 is 0 Å². The van der Waals surface area contributed by atoms with Crippen LogP contribution in [-0.4, -0.2) is 5.78 Å². The molecule has 0 fully saturated rings. The van der Waals surface area contributed by atoms with E-state index < -0.39 is 17.5 Å². The molecule has 0 saturated heterocycles. The molecule has 0 amide bonds. The number of benzene rings is 2. The predicted octanol–water partition coefficient (Wildman–Crippen LogP) is 4.54. The van der Waals surface area contributed by atoms with Crippen LogP contribution in [0.25, 0.3) is 0 Å². The minimum absolute atomic E-state index is 0.0873. The van der Waals surface area contributed by atoms with Crippen molar-refractivity contribution < 1.29 is 18.0 Å². The number of Topliss-reactive ketones (excluding diaryl/α,β-unsaturated/α-hetero) is 1. The van der Waals surface area contributed by atoms with Gasteiger partial charge in [0.15, 0.2) is 23.2 Å². The molecule has 110 valence electrons. The van der Waals surface area contributed by atoms with E-state index in [9.17, 15) is 18.0 Å². The number of hydrogen-bond acceptors (Lipinski definition) is 1. The number of rotatable bonds is 4. The molecule has 4 heteroatoms. The molecule has 0 aliphatic rings. The molecule has 2 aromatic carbocycles. The van der Waals surface area contributed by atoms with Gasteiger partial charge in [-0.3, -0.25) is 4.79 Å². The van der Waals surface area contributed by atoms with Crippen LogP contribution in [0.5, 0.6) is 0 Å². The number of halogens is 3. The average molecular weight is 292 g/mol. The van der Waals surface area contributed by atoms with E-state index in [2.05, 4.69) is 0 Å². The fraction of sp³-hybridized carbons (Fsp3) is 0.235. The van der Waals surface area contributed by atoms with Crippen molar-refractivity contribution >= 4 is 5.78 Å². The van der Waals surface area contributed by atoms with Crippen molar-refractivity contribution in [2.45, 2.75) is 26.7 Å². The predicted molar refractivity (Wildman–Crippen MR) is 74.9 cm³/mol. The molecule has 0 radical (unpaired) electrons. The van der Waals surface area contributed by atoms with Crippen LogP contribution in [-0.2, 0) is 6.42 Å². The van der Waals surface area contributed by atoms with E-state index in [-0.39, 0.29) is 24.2 Å². The summed E-state index contributed by atoms with van der Waals surface area (Å²) in [5, 5.41) is 0. The van der Waals surface area contributed by atoms with Crippen LogP contribution in [0.2, 0.25) is 0 Å². The molecular weight excluding hydrogens is 277 g/mol. The van der Waals surface area contributed by atoms with Gasteiger partial charge >= 0.3 is 0 Å². The van der Waals surface area contributed by atoms with Gasteiger partial charge in [0.25, 0.3) is 0 Å². The SMILES string of the molecule is Cc1cccc(C)c1C(=O)CCc1cc(F)c(F)c(F)c1. The van der Waals surface area contributed by atoms with Gasteiger partial charge in [-0.1, -0.05) is 18.2 Å². The van der Waals surface area contributed by atoms with Crippen LogP contribution in [0.3, 0.4) is 0 Å². The number of aryl methyl sites for hydroxylation is 3. The lowest BCUT2D eigenvalue weighted by Gasteiger charge is -2.09. The van der Waals surface area contributed by atoms with Crippen molar-refractivity contribution in [1.29, 1.82) is 0 Å². The van der Waals surface area contributed by atoms with Gasteiger partial charge in [-0.15, -0.1) is 0 Å². The second-order valence-corrected chi connectivity index (χ2v) is 5.06. The topological polar surface area (TPSA) is 17.1 Å². The minimum atomic E-state index is -1.49. The second-order valence-electron chi connectivity index (χ2n) is 5.06. The average Bonchev–Trinajstić information content (AvgIpc) is 2.42. The van der Waals surface area contributed by atoms with E-state index in [1.165, 1.54) is 0 Å². The van der Waals surface area contributed by atoms with E-state index in [1.807, 2.05) is 32.0 Å². The van der Waals surface area contributed by atoms with Crippen molar-refractivity contribution in [2.75, 3.05) is 0 Å². The van der Waals surface area contributed by atoms with Gasteiger partial charge in [-0.05, 0) is 49.1 Å². The van der Waals surface area contributed by atoms with Gasteiger partial charge < -0.3 is 0 Å². The van der Waals surface area contributed by atoms with Crippen LogP contribution in [0, 0.1) is 31.3 Å². The largest absolute Gasteiger partial charge is 0.294 e. The Morgan fingerprint density at radius 1 is 1.00 bits per heavy atom. The normalized spacial score (nSPS) is 10.7. The first-order valence-electron chi connectivity index (χ1n) is 6.63. The molecule has 0 bridgehead atoms. The Balaban J connectivity index is 2.15. The fourth-order valence-electron chi connectivity index (χ4n) is 2.39. The standard InChI is InChI=1S/C17H15F3O/c1-10-4-3-5-11(2)16(10)15(21)7-6-12-8-13(18)17(20)14(19)9-12/h3-5,8-9H,6-7H2,1-2H3. The van der Waals surface area contributed by atoms with Crippen LogP contribution in [0.4, 0.5) is 13.2 Å². The van der Waals surface area contributed by atoms with Gasteiger partial charge in [0.2, 0.25) is 0 Å². The minimum Gasteiger partial charge on any atom is -0.294 e. The number of carbonyl (C=O) groups excluding carboxylic acids is 1. The molecule has 0 spiro atoms. The maximum atomic E-state index is 13.1. The van der Waals surface area contributed by atoms with E-state index in [1.54, 1.807) is 0 Å². The van der Waals surface area contributed by atoms with E-state index in [0.717, 1.165) is 23.3 Å². The summed E-state index contributed by atoms with van der Waals surface area (Å²) in [7, 11) is 0. The highest BCUT2D eigenvalue weighted by Crippen LogP contribution is 2.19. The number of hydrogen-bond donors (Lipinski definition) is 0. The lowest BCUT2D eigenvalue weighted by Crippen LogP contribution is -2.06. The molecule has 0 atom stereocenters. The third-order valence-corrected chi connectivity index (χ3v) is 3.44. The van der Waals surface area contributed by atoms with E-state index in [4.69, 9.17) is 0 Å². The van der Waals surface area contributed by atoms with Crippen LogP contribution in [0.1, 0.15) is 33.5 Å². The van der Waals surface area contributed by atoms with Gasteiger partial charge in [0, 0.05) is 12.0 Å². The highest BCUT2D eigenvalue weighted by atomic mass is 19.2. The second kappa shape index (κ2) is 6.12. The fourth-order valence-corrected chi connectivity index (χ4v) is 2.39. The molecule has 0 aliphatic carbocycles. The van der Waals surface area contributed by atoms with E-state index in [0.29, 0.717) is 5.56 Å². The summed E-state index contributed by atoms with van der Waals surface area (Å²) >= 11 is 0. The Labute approximate surface area is 121 Å². The Morgan fingerprint density at radius 3 is 2.05 bits per heavy atom. The first-order chi connectivity index (χ1) is 9.90. The van der Waals surface area contributed by atoms with Crippen LogP contribution < -0.4 is 0 Å². The molecule has 2 rings (SSSR count). The number of carbonyl (C=O) groups is 1. The van der Waals surface area contributed by atoms with Crippen molar-refractivity contribution in [3.05, 3.63) is 70.0 Å². The summed E-state index contributed by atoms with van der Waals surface area (Å²) in [5.74, 6) is -4.04. The zero-order chi connectivity index (χ0) is 15.6. The molecule has 2 aromatic rings. The molecule has 0 N–H and O–H groups in total. The molecule has 0 saturated carbocycles. The molecule has 0 aromatic heterocycles. The highest BCUT2D eigenvalue weighted by molar-refractivity contribution is 5.98. The van der Waals surface area contributed by atoms with Crippen molar-refractivity contribution in [3.8, 4) is 0 Å². The van der Waals surface area contributed by atoms with Gasteiger partial charge in [0.05, 0.1) is 0 Å². The molecule has 0 aliphatic heterocycles. The first kappa shape index (κ1) is 15.3. The summed E-state index contributed by atoms with van der Waals surface area (Å²) in [6, 6.07) is 7.41. The summed E-state index contributed by atoms with van der Waals surface area (Å²) in [6.07, 6.45) is 0.289. The van der Waals surface area contributed by atoms with E-state index >= 15 is 0 Å². The molecule has 0 heterocycles. The smallest absolute Gasteiger partial charge is 0.194 e. The molecule has 1 nitrogen and oxygen atoms in total. The van der Waals surface area contributed by atoms with Crippen molar-refractivity contribution in [2.24, 2.45) is 0 Å². The Morgan fingerprint density at radius 2 is 1.52 bits per heavy atom. The molecular formula is C17H15F3O. The van der Waals surface area contributed by atoms with Crippen molar-refractivity contribution in [1.82, 2.24) is 0 Å². The maximum Gasteiger partial charge on any atom is 0.194 e. The molecule has 0 unspecified atom stereocenters. The quantitative estimate of drug-likeness (QED) is 0.597. The third-order valence-electron chi connectivity index (χ3n) is 3.44. The highest BCUT2D eigenvalue weighted by Gasteiger charge is 2.14. The molecule has 21 heavy (non-hydrogen) atoms. The first-order valence-corrected chi connectivity index (χ1v) is 6.63. The third kappa shape index (κ3) is 3.32. The lowest BCUT2D eigenvalue weighted by molar-refractivity contribution is 0.0981. The summed E-state index contributed by atoms with van der Waals surface area (Å²) in [6.45, 7) is 3.69. The van der Waals surface area contributed by atoms with Crippen molar-refractivity contribution in [3.63, 3.8) is 0 Å². The van der Waals surface area contributed by atoms with Gasteiger partial charge in [0.1, 0.15) is 0 Å². The zero-order valence-electron chi connectivity index (χ0n) is 11.8. The lowest BCUT2D eigenvalue weighted by atomic mass is 9.95. The van der Waals surface area contributed by atoms with Crippen LogP contribution in [0.15, 0.2) is 30.3 Å². The Kier molecular flexibility index (Phi) is 4.46. The zero-order valence-corrected chi connectivity index (χ0v) is 11.8. The Hall–Kier alpha value is -2.10. The summed E-state index contributed by atoms with van der Waals surface area (Å²) in [4.78, 5) is 12.2. The maximum absolute atomic E-state index is 13.1. The Bertz CT molecular complexity index is 649. The monoisotopic (exact) mass is 292 g/mol. The van der Waals surface area contributed by atoms with Gasteiger partial charge in [-0.2, -0.15) is 0 Å². The summed E-state index contributed by atoms with van der Waals surface area (Å²) in [5.41, 5.74) is 2.65. The summed E-state index contributed by atoms with van der Waals surface area (Å²) < 4.78 is 39.1. The van der Waals surface area contributed by atoms with Gasteiger partial charge in [-0.25, -0.2) is 13.2 Å².